The molecule has 2 amide bonds. The van der Waals surface area contributed by atoms with Gasteiger partial charge in [-0.05, 0) is 46.7 Å². The summed E-state index contributed by atoms with van der Waals surface area (Å²) in [5.74, 6) is -1.21. The molecule has 5 nitrogen and oxygen atoms in total. The summed E-state index contributed by atoms with van der Waals surface area (Å²) < 4.78 is 0.946. The number of carbonyl (C=O) groups is 2. The molecule has 110 valence electrons. The van der Waals surface area contributed by atoms with E-state index in [1.165, 1.54) is 0 Å². The Hall–Kier alpha value is -1.02. The van der Waals surface area contributed by atoms with Crippen LogP contribution >= 0.6 is 34.2 Å². The Balaban J connectivity index is 2.73. The summed E-state index contributed by atoms with van der Waals surface area (Å²) in [5, 5.41) is 14.5. The lowest BCUT2D eigenvalue weighted by molar-refractivity contribution is -0.140. The van der Waals surface area contributed by atoms with Gasteiger partial charge < -0.3 is 15.7 Å². The van der Waals surface area contributed by atoms with Crippen LogP contribution in [0.5, 0.6) is 0 Å². The molecule has 0 saturated heterocycles. The summed E-state index contributed by atoms with van der Waals surface area (Å²) in [6, 6.07) is 3.67. The number of carboxylic acids is 1. The largest absolute Gasteiger partial charge is 0.480 e. The van der Waals surface area contributed by atoms with Crippen molar-refractivity contribution in [2.75, 3.05) is 5.32 Å². The molecule has 1 rings (SSSR count). The van der Waals surface area contributed by atoms with E-state index < -0.39 is 18.0 Å². The first kappa shape index (κ1) is 17.0. The Morgan fingerprint density at radius 3 is 2.60 bits per heavy atom. The van der Waals surface area contributed by atoms with E-state index in [1.807, 2.05) is 6.92 Å². The van der Waals surface area contributed by atoms with Crippen LogP contribution in [0.1, 0.15) is 20.3 Å². The lowest BCUT2D eigenvalue weighted by Gasteiger charge is -2.20. The van der Waals surface area contributed by atoms with Gasteiger partial charge in [-0.25, -0.2) is 9.59 Å². The first-order chi connectivity index (χ1) is 9.35. The van der Waals surface area contributed by atoms with Gasteiger partial charge in [0.15, 0.2) is 0 Å². The number of rotatable bonds is 5. The standard InChI is InChI=1S/C13H16ClIN2O3/c1-3-7(2)11(12(18)19)17-13(20)16-10-5-4-8(15)6-9(10)14/h4-7,11H,3H2,1-2H3,(H,18,19)(H2,16,17,20). The average molecular weight is 411 g/mol. The monoisotopic (exact) mass is 410 g/mol. The second-order valence-electron chi connectivity index (χ2n) is 4.42. The first-order valence-electron chi connectivity index (χ1n) is 6.10. The number of benzene rings is 1. The maximum absolute atomic E-state index is 11.8. The summed E-state index contributed by atoms with van der Waals surface area (Å²) in [5.41, 5.74) is 0.442. The molecule has 0 saturated carbocycles. The van der Waals surface area contributed by atoms with Gasteiger partial charge in [-0.1, -0.05) is 31.9 Å². The zero-order chi connectivity index (χ0) is 15.3. The van der Waals surface area contributed by atoms with Gasteiger partial charge in [0.1, 0.15) is 6.04 Å². The summed E-state index contributed by atoms with van der Waals surface area (Å²) >= 11 is 8.11. The molecule has 2 atom stereocenters. The number of aliphatic carboxylic acids is 1. The Morgan fingerprint density at radius 1 is 1.45 bits per heavy atom. The second-order valence-corrected chi connectivity index (χ2v) is 6.08. The van der Waals surface area contributed by atoms with Crippen LogP contribution in [-0.4, -0.2) is 23.1 Å². The zero-order valence-corrected chi connectivity index (χ0v) is 14.0. The van der Waals surface area contributed by atoms with E-state index in [2.05, 4.69) is 33.2 Å². The van der Waals surface area contributed by atoms with E-state index in [0.717, 1.165) is 3.57 Å². The van der Waals surface area contributed by atoms with Gasteiger partial charge in [-0.15, -0.1) is 0 Å². The third kappa shape index (κ3) is 4.82. The number of hydrogen-bond acceptors (Lipinski definition) is 2. The molecule has 20 heavy (non-hydrogen) atoms. The molecular weight excluding hydrogens is 395 g/mol. The molecule has 0 fully saturated rings. The van der Waals surface area contributed by atoms with E-state index in [-0.39, 0.29) is 5.92 Å². The van der Waals surface area contributed by atoms with Crippen LogP contribution in [-0.2, 0) is 4.79 Å². The normalized spacial score (nSPS) is 13.4. The van der Waals surface area contributed by atoms with E-state index in [4.69, 9.17) is 16.7 Å². The predicted octanol–water partition coefficient (Wildman–Crippen LogP) is 3.57. The number of anilines is 1. The van der Waals surface area contributed by atoms with Gasteiger partial charge in [-0.3, -0.25) is 0 Å². The molecule has 0 aliphatic rings. The fourth-order valence-electron chi connectivity index (χ4n) is 1.57. The third-order valence-electron chi connectivity index (χ3n) is 2.94. The topological polar surface area (TPSA) is 78.4 Å². The van der Waals surface area contributed by atoms with Crippen LogP contribution in [0.2, 0.25) is 5.02 Å². The Labute approximate surface area is 136 Å². The molecule has 0 spiro atoms. The minimum Gasteiger partial charge on any atom is -0.480 e. The average Bonchev–Trinajstić information content (AvgIpc) is 2.38. The number of carbonyl (C=O) groups excluding carboxylic acids is 1. The smallest absolute Gasteiger partial charge is 0.326 e. The van der Waals surface area contributed by atoms with Gasteiger partial charge in [-0.2, -0.15) is 0 Å². The van der Waals surface area contributed by atoms with E-state index in [0.29, 0.717) is 17.1 Å². The molecule has 0 heterocycles. The zero-order valence-electron chi connectivity index (χ0n) is 11.1. The number of amides is 2. The van der Waals surface area contributed by atoms with Crippen molar-refractivity contribution >= 4 is 51.9 Å². The summed E-state index contributed by atoms with van der Waals surface area (Å²) in [6.07, 6.45) is 0.654. The number of carboxylic acid groups (broad SMARTS) is 1. The van der Waals surface area contributed by atoms with Gasteiger partial charge in [0.05, 0.1) is 10.7 Å². The van der Waals surface area contributed by atoms with Crippen LogP contribution < -0.4 is 10.6 Å². The molecule has 3 N–H and O–H groups in total. The minimum absolute atomic E-state index is 0.162. The number of urea groups is 1. The molecule has 1 aromatic carbocycles. The van der Waals surface area contributed by atoms with E-state index in [1.54, 1.807) is 25.1 Å². The van der Waals surface area contributed by atoms with Crippen molar-refractivity contribution in [3.05, 3.63) is 26.8 Å². The van der Waals surface area contributed by atoms with Gasteiger partial charge in [0.2, 0.25) is 0 Å². The Kier molecular flexibility index (Phi) is 6.54. The van der Waals surface area contributed by atoms with Crippen LogP contribution in [0, 0.1) is 9.49 Å². The summed E-state index contributed by atoms with van der Waals surface area (Å²) in [7, 11) is 0. The van der Waals surface area contributed by atoms with Crippen LogP contribution in [0.4, 0.5) is 10.5 Å². The maximum atomic E-state index is 11.8. The molecule has 0 bridgehead atoms. The molecule has 0 aliphatic carbocycles. The highest BCUT2D eigenvalue weighted by Crippen LogP contribution is 2.23. The summed E-state index contributed by atoms with van der Waals surface area (Å²) in [6.45, 7) is 3.65. The van der Waals surface area contributed by atoms with Crippen molar-refractivity contribution in [3.63, 3.8) is 0 Å². The lowest BCUT2D eigenvalue weighted by Crippen LogP contribution is -2.46. The van der Waals surface area contributed by atoms with Crippen LogP contribution in [0.25, 0.3) is 0 Å². The fraction of sp³-hybridized carbons (Fsp3) is 0.385. The number of nitrogens with one attached hydrogen (secondary N) is 2. The summed E-state index contributed by atoms with van der Waals surface area (Å²) in [4.78, 5) is 23.0. The van der Waals surface area contributed by atoms with Gasteiger partial charge >= 0.3 is 12.0 Å². The minimum atomic E-state index is -1.05. The van der Waals surface area contributed by atoms with Crippen molar-refractivity contribution in [2.24, 2.45) is 5.92 Å². The van der Waals surface area contributed by atoms with Crippen molar-refractivity contribution in [1.29, 1.82) is 0 Å². The third-order valence-corrected chi connectivity index (χ3v) is 3.93. The highest BCUT2D eigenvalue weighted by molar-refractivity contribution is 14.1. The number of hydrogen-bond donors (Lipinski definition) is 3. The van der Waals surface area contributed by atoms with Crippen LogP contribution in [0.15, 0.2) is 18.2 Å². The number of halogens is 2. The molecular formula is C13H16ClIN2O3. The molecule has 2 unspecified atom stereocenters. The maximum Gasteiger partial charge on any atom is 0.326 e. The highest BCUT2D eigenvalue weighted by atomic mass is 127. The quantitative estimate of drug-likeness (QED) is 0.650. The van der Waals surface area contributed by atoms with Gasteiger partial charge in [0, 0.05) is 3.57 Å². The Morgan fingerprint density at radius 2 is 2.10 bits per heavy atom. The lowest BCUT2D eigenvalue weighted by atomic mass is 9.99. The van der Waals surface area contributed by atoms with Gasteiger partial charge in [0.25, 0.3) is 0 Å². The molecule has 1 aromatic rings. The van der Waals surface area contributed by atoms with Crippen molar-refractivity contribution in [2.45, 2.75) is 26.3 Å². The molecule has 0 aliphatic heterocycles. The molecule has 7 heteroatoms. The van der Waals surface area contributed by atoms with Crippen molar-refractivity contribution in [3.8, 4) is 0 Å². The van der Waals surface area contributed by atoms with E-state index in [9.17, 15) is 9.59 Å². The van der Waals surface area contributed by atoms with Crippen LogP contribution in [0.3, 0.4) is 0 Å². The Bertz CT molecular complexity index is 510. The fourth-order valence-corrected chi connectivity index (χ4v) is 2.48. The first-order valence-corrected chi connectivity index (χ1v) is 7.56. The molecule has 0 radical (unpaired) electrons. The van der Waals surface area contributed by atoms with Crippen molar-refractivity contribution in [1.82, 2.24) is 5.32 Å². The molecule has 0 aromatic heterocycles. The predicted molar refractivity (Wildman–Crippen MR) is 87.2 cm³/mol. The second kappa shape index (κ2) is 7.68. The van der Waals surface area contributed by atoms with E-state index >= 15 is 0 Å². The SMILES string of the molecule is CCC(C)C(NC(=O)Nc1ccc(I)cc1Cl)C(=O)O. The van der Waals surface area contributed by atoms with Crippen molar-refractivity contribution < 1.29 is 14.7 Å². The highest BCUT2D eigenvalue weighted by Gasteiger charge is 2.25.